The van der Waals surface area contributed by atoms with Gasteiger partial charge < -0.3 is 10.9 Å². The summed E-state index contributed by atoms with van der Waals surface area (Å²) in [6.45, 7) is 1.80. The van der Waals surface area contributed by atoms with E-state index in [1.165, 1.54) is 6.42 Å². The fourth-order valence-electron chi connectivity index (χ4n) is 2.45. The molecule has 0 aromatic heterocycles. The van der Waals surface area contributed by atoms with Gasteiger partial charge in [-0.1, -0.05) is 31.3 Å². The van der Waals surface area contributed by atoms with E-state index >= 15 is 0 Å². The van der Waals surface area contributed by atoms with Crippen LogP contribution in [0.1, 0.15) is 45.4 Å². The summed E-state index contributed by atoms with van der Waals surface area (Å²) in [5, 5.41) is 11.8. The molecule has 1 saturated carbocycles. The molecule has 0 aromatic rings. The lowest BCUT2D eigenvalue weighted by molar-refractivity contribution is 0.297. The van der Waals surface area contributed by atoms with Crippen LogP contribution >= 0.6 is 0 Å². The van der Waals surface area contributed by atoms with Crippen molar-refractivity contribution in [3.63, 3.8) is 0 Å². The van der Waals surface area contributed by atoms with Crippen LogP contribution in [0.4, 0.5) is 0 Å². The molecule has 4 N–H and O–H groups in total. The first-order valence-corrected chi connectivity index (χ1v) is 8.12. The summed E-state index contributed by atoms with van der Waals surface area (Å²) in [6, 6.07) is -0.577. The number of sulfonamides is 1. The molecule has 0 saturated heterocycles. The molecule has 0 bridgehead atoms. The quantitative estimate of drug-likeness (QED) is 0.291. The molecule has 1 rings (SSSR count). The monoisotopic (exact) mass is 277 g/mol. The largest absolute Gasteiger partial charge is 0.409 e. The fourth-order valence-corrected chi connectivity index (χ4v) is 3.80. The highest BCUT2D eigenvalue weighted by Crippen LogP contribution is 2.27. The third-order valence-corrected chi connectivity index (χ3v) is 4.89. The van der Waals surface area contributed by atoms with E-state index in [1.54, 1.807) is 6.92 Å². The minimum Gasteiger partial charge on any atom is -0.409 e. The van der Waals surface area contributed by atoms with E-state index in [-0.39, 0.29) is 17.5 Å². The van der Waals surface area contributed by atoms with Gasteiger partial charge in [-0.25, -0.2) is 13.1 Å². The molecule has 0 aromatic carbocycles. The Morgan fingerprint density at radius 2 is 2.06 bits per heavy atom. The predicted octanol–water partition coefficient (Wildman–Crippen LogP) is 1.01. The van der Waals surface area contributed by atoms with Gasteiger partial charge in [-0.3, -0.25) is 0 Å². The zero-order valence-electron chi connectivity index (χ0n) is 10.8. The van der Waals surface area contributed by atoms with Gasteiger partial charge in [0, 0.05) is 0 Å². The predicted molar refractivity (Wildman–Crippen MR) is 71.0 cm³/mol. The summed E-state index contributed by atoms with van der Waals surface area (Å²) >= 11 is 0. The number of rotatable bonds is 6. The topological polar surface area (TPSA) is 105 Å². The Hall–Kier alpha value is -0.820. The Kier molecular flexibility index (Phi) is 5.87. The number of hydrogen-bond acceptors (Lipinski definition) is 4. The first-order valence-electron chi connectivity index (χ1n) is 6.47. The molecule has 18 heavy (non-hydrogen) atoms. The van der Waals surface area contributed by atoms with Crippen LogP contribution in [0.2, 0.25) is 0 Å². The minimum absolute atomic E-state index is 0.0402. The summed E-state index contributed by atoms with van der Waals surface area (Å²) in [4.78, 5) is 0. The average molecular weight is 277 g/mol. The normalized spacial score (nSPS) is 20.8. The lowest BCUT2D eigenvalue weighted by Gasteiger charge is -2.29. The number of nitrogens with one attached hydrogen (secondary N) is 1. The molecule has 1 atom stereocenters. The molecular weight excluding hydrogens is 254 g/mol. The Balaban J connectivity index is 2.78. The smallest absolute Gasteiger partial charge is 0.212 e. The van der Waals surface area contributed by atoms with E-state index in [0.717, 1.165) is 25.7 Å². The van der Waals surface area contributed by atoms with Crippen molar-refractivity contribution >= 4 is 15.9 Å². The van der Waals surface area contributed by atoms with Crippen LogP contribution in [-0.4, -0.2) is 31.3 Å². The van der Waals surface area contributed by atoms with Crippen LogP contribution < -0.4 is 10.5 Å². The minimum atomic E-state index is -3.36. The first-order chi connectivity index (χ1) is 8.50. The van der Waals surface area contributed by atoms with E-state index in [4.69, 9.17) is 10.9 Å². The second kappa shape index (κ2) is 6.94. The van der Waals surface area contributed by atoms with Gasteiger partial charge in [-0.2, -0.15) is 0 Å². The summed E-state index contributed by atoms with van der Waals surface area (Å²) in [5.41, 5.74) is 5.62. The van der Waals surface area contributed by atoms with E-state index in [0.29, 0.717) is 6.42 Å². The lowest BCUT2D eigenvalue weighted by Crippen LogP contribution is -2.50. The van der Waals surface area contributed by atoms with E-state index in [9.17, 15) is 8.42 Å². The van der Waals surface area contributed by atoms with Crippen molar-refractivity contribution in [3.05, 3.63) is 0 Å². The van der Waals surface area contributed by atoms with Crippen LogP contribution in [0.3, 0.4) is 0 Å². The maximum absolute atomic E-state index is 11.8. The Morgan fingerprint density at radius 1 is 1.44 bits per heavy atom. The Morgan fingerprint density at radius 3 is 2.56 bits per heavy atom. The molecule has 1 unspecified atom stereocenters. The maximum Gasteiger partial charge on any atom is 0.212 e. The zero-order valence-corrected chi connectivity index (χ0v) is 11.6. The first kappa shape index (κ1) is 15.2. The van der Waals surface area contributed by atoms with Crippen molar-refractivity contribution in [1.29, 1.82) is 0 Å². The third kappa shape index (κ3) is 4.45. The third-order valence-electron chi connectivity index (χ3n) is 3.33. The maximum atomic E-state index is 11.8. The van der Waals surface area contributed by atoms with Crippen molar-refractivity contribution in [2.45, 2.75) is 51.5 Å². The van der Waals surface area contributed by atoms with Crippen LogP contribution in [0.15, 0.2) is 5.16 Å². The Bertz CT molecular complexity index is 375. The molecule has 106 valence electrons. The standard InChI is InChI=1S/C11H23N3O3S/c1-2-8-18(16,17)14-10(11(12)13-15)9-6-4-3-5-7-9/h9-10,14-15H,2-8H2,1H3,(H2,12,13). The van der Waals surface area contributed by atoms with Crippen LogP contribution in [0, 0.1) is 5.92 Å². The fraction of sp³-hybridized carbons (Fsp3) is 0.909. The van der Waals surface area contributed by atoms with Crippen molar-refractivity contribution in [2.24, 2.45) is 16.8 Å². The summed E-state index contributed by atoms with van der Waals surface area (Å²) in [5.74, 6) is 0.150. The van der Waals surface area contributed by atoms with Gasteiger partial charge in [0.1, 0.15) is 0 Å². The molecule has 0 spiro atoms. The van der Waals surface area contributed by atoms with Gasteiger partial charge in [0.2, 0.25) is 10.0 Å². The van der Waals surface area contributed by atoms with Crippen molar-refractivity contribution in [3.8, 4) is 0 Å². The van der Waals surface area contributed by atoms with Gasteiger partial charge in [-0.15, -0.1) is 0 Å². The molecule has 1 aliphatic rings. The molecule has 1 fully saturated rings. The zero-order chi connectivity index (χ0) is 13.6. The molecule has 7 heteroatoms. The molecule has 6 nitrogen and oxygen atoms in total. The van der Waals surface area contributed by atoms with E-state index in [2.05, 4.69) is 9.88 Å². The highest BCUT2D eigenvalue weighted by molar-refractivity contribution is 7.89. The van der Waals surface area contributed by atoms with E-state index in [1.807, 2.05) is 0 Å². The van der Waals surface area contributed by atoms with Gasteiger partial charge in [0.05, 0.1) is 11.8 Å². The number of nitrogens with two attached hydrogens (primary N) is 1. The summed E-state index contributed by atoms with van der Waals surface area (Å²) in [6.07, 6.45) is 5.67. The highest BCUT2D eigenvalue weighted by atomic mass is 32.2. The number of nitrogens with zero attached hydrogens (tertiary/aromatic N) is 1. The van der Waals surface area contributed by atoms with Crippen molar-refractivity contribution in [1.82, 2.24) is 4.72 Å². The van der Waals surface area contributed by atoms with Crippen molar-refractivity contribution < 1.29 is 13.6 Å². The Labute approximate surface area is 109 Å². The van der Waals surface area contributed by atoms with Gasteiger partial charge in [-0.05, 0) is 25.2 Å². The molecule has 0 aliphatic heterocycles. The number of amidine groups is 1. The average Bonchev–Trinajstić information content (AvgIpc) is 2.36. The van der Waals surface area contributed by atoms with Gasteiger partial charge >= 0.3 is 0 Å². The highest BCUT2D eigenvalue weighted by Gasteiger charge is 2.30. The SMILES string of the molecule is CCCS(=O)(=O)NC(/C(N)=N/O)C1CCCCC1. The van der Waals surface area contributed by atoms with Crippen molar-refractivity contribution in [2.75, 3.05) is 5.75 Å². The number of hydrogen-bond donors (Lipinski definition) is 3. The summed E-state index contributed by atoms with van der Waals surface area (Å²) in [7, 11) is -3.36. The second-order valence-corrected chi connectivity index (χ2v) is 6.71. The lowest BCUT2D eigenvalue weighted by atomic mass is 9.84. The van der Waals surface area contributed by atoms with Crippen LogP contribution in [0.5, 0.6) is 0 Å². The number of oxime groups is 1. The second-order valence-electron chi connectivity index (χ2n) is 4.84. The molecule has 0 heterocycles. The van der Waals surface area contributed by atoms with E-state index < -0.39 is 16.1 Å². The molecule has 0 amide bonds. The van der Waals surface area contributed by atoms with Crippen LogP contribution in [-0.2, 0) is 10.0 Å². The van der Waals surface area contributed by atoms with Gasteiger partial charge in [0.15, 0.2) is 5.84 Å². The summed E-state index contributed by atoms with van der Waals surface area (Å²) < 4.78 is 26.2. The molecular formula is C11H23N3O3S. The van der Waals surface area contributed by atoms with Gasteiger partial charge in [0.25, 0.3) is 0 Å². The molecule has 1 aliphatic carbocycles. The molecule has 0 radical (unpaired) electrons. The van der Waals surface area contributed by atoms with Crippen LogP contribution in [0.25, 0.3) is 0 Å².